The highest BCUT2D eigenvalue weighted by Gasteiger charge is 2.11. The Kier molecular flexibility index (Phi) is 4.66. The van der Waals surface area contributed by atoms with Crippen LogP contribution in [0, 0.1) is 12.3 Å². The zero-order valence-electron chi connectivity index (χ0n) is 13.1. The standard InChI is InChI=1S/C20H20S2/c1-4-7-8-14-9-10-17(15(5-2)11-14)18-13-20-19(22-18)12-16(6-3)21-20/h3,9-13H,4-5,7-8H2,1-2H3. The van der Waals surface area contributed by atoms with Crippen LogP contribution >= 0.6 is 22.7 Å². The number of fused-ring (bicyclic) bond motifs is 1. The van der Waals surface area contributed by atoms with E-state index in [2.05, 4.69) is 50.1 Å². The Balaban J connectivity index is 1.98. The van der Waals surface area contributed by atoms with Crippen molar-refractivity contribution in [2.45, 2.75) is 39.5 Å². The summed E-state index contributed by atoms with van der Waals surface area (Å²) in [5.74, 6) is 2.74. The fraction of sp³-hybridized carbons (Fsp3) is 0.300. The van der Waals surface area contributed by atoms with E-state index in [0.29, 0.717) is 0 Å². The van der Waals surface area contributed by atoms with Crippen LogP contribution in [0.15, 0.2) is 30.3 Å². The number of terminal acetylenes is 1. The first kappa shape index (κ1) is 15.3. The van der Waals surface area contributed by atoms with E-state index in [0.717, 1.165) is 11.3 Å². The monoisotopic (exact) mass is 324 g/mol. The Morgan fingerprint density at radius 3 is 2.55 bits per heavy atom. The number of unbranched alkanes of at least 4 members (excludes halogenated alkanes) is 1. The molecule has 0 radical (unpaired) electrons. The smallest absolute Gasteiger partial charge is 0.0786 e. The second-order valence-corrected chi connectivity index (χ2v) is 7.71. The number of thiophene rings is 2. The predicted molar refractivity (Wildman–Crippen MR) is 101 cm³/mol. The molecule has 112 valence electrons. The lowest BCUT2D eigenvalue weighted by Gasteiger charge is -2.09. The first-order chi connectivity index (χ1) is 10.7. The summed E-state index contributed by atoms with van der Waals surface area (Å²) in [7, 11) is 0. The van der Waals surface area contributed by atoms with Crippen LogP contribution in [-0.2, 0) is 12.8 Å². The maximum absolute atomic E-state index is 5.49. The molecule has 2 heterocycles. The molecule has 0 saturated carbocycles. The molecule has 0 N–H and O–H groups in total. The van der Waals surface area contributed by atoms with Crippen LogP contribution < -0.4 is 0 Å². The zero-order chi connectivity index (χ0) is 15.5. The van der Waals surface area contributed by atoms with Crippen LogP contribution in [0.5, 0.6) is 0 Å². The number of benzene rings is 1. The van der Waals surface area contributed by atoms with E-state index in [1.165, 1.54) is 50.2 Å². The predicted octanol–water partition coefficient (Wildman–Crippen LogP) is 6.52. The molecule has 3 aromatic rings. The molecule has 2 heteroatoms. The summed E-state index contributed by atoms with van der Waals surface area (Å²) in [6.07, 6.45) is 10.3. The molecule has 0 fully saturated rings. The largest absolute Gasteiger partial charge is 0.134 e. The van der Waals surface area contributed by atoms with Gasteiger partial charge in [0, 0.05) is 14.3 Å². The fourth-order valence-corrected chi connectivity index (χ4v) is 5.02. The molecule has 0 unspecified atom stereocenters. The summed E-state index contributed by atoms with van der Waals surface area (Å²) in [4.78, 5) is 2.39. The van der Waals surface area contributed by atoms with Crippen molar-refractivity contribution in [3.05, 3.63) is 46.3 Å². The maximum atomic E-state index is 5.49. The first-order valence-corrected chi connectivity index (χ1v) is 9.50. The van der Waals surface area contributed by atoms with Crippen molar-refractivity contribution < 1.29 is 0 Å². The van der Waals surface area contributed by atoms with Crippen molar-refractivity contribution in [2.75, 3.05) is 0 Å². The van der Waals surface area contributed by atoms with Crippen LogP contribution in [0.25, 0.3) is 19.8 Å². The average molecular weight is 325 g/mol. The molecule has 3 rings (SSSR count). The van der Waals surface area contributed by atoms with Gasteiger partial charge in [-0.2, -0.15) is 0 Å². The van der Waals surface area contributed by atoms with Gasteiger partial charge in [-0.15, -0.1) is 29.1 Å². The van der Waals surface area contributed by atoms with Crippen LogP contribution in [0.2, 0.25) is 0 Å². The van der Waals surface area contributed by atoms with Gasteiger partial charge in [0.15, 0.2) is 0 Å². The van der Waals surface area contributed by atoms with Crippen molar-refractivity contribution in [3.8, 4) is 22.8 Å². The number of hydrogen-bond acceptors (Lipinski definition) is 2. The summed E-state index contributed by atoms with van der Waals surface area (Å²) >= 11 is 3.57. The molecule has 2 aromatic heterocycles. The third-order valence-electron chi connectivity index (χ3n) is 3.98. The topological polar surface area (TPSA) is 0 Å². The van der Waals surface area contributed by atoms with Gasteiger partial charge in [0.2, 0.25) is 0 Å². The molecule has 0 spiro atoms. The molecule has 1 aromatic carbocycles. The van der Waals surface area contributed by atoms with Crippen LogP contribution in [0.1, 0.15) is 42.7 Å². The van der Waals surface area contributed by atoms with E-state index in [-0.39, 0.29) is 0 Å². The Labute approximate surface area is 140 Å². The van der Waals surface area contributed by atoms with Crippen LogP contribution in [0.3, 0.4) is 0 Å². The van der Waals surface area contributed by atoms with E-state index >= 15 is 0 Å². The third-order valence-corrected chi connectivity index (χ3v) is 6.24. The van der Waals surface area contributed by atoms with Crippen molar-refractivity contribution in [3.63, 3.8) is 0 Å². The number of hydrogen-bond donors (Lipinski definition) is 0. The van der Waals surface area contributed by atoms with Crippen LogP contribution in [-0.4, -0.2) is 0 Å². The van der Waals surface area contributed by atoms with E-state index in [1.54, 1.807) is 11.3 Å². The minimum atomic E-state index is 1.03. The highest BCUT2D eigenvalue weighted by Crippen LogP contribution is 2.39. The van der Waals surface area contributed by atoms with Gasteiger partial charge in [-0.3, -0.25) is 0 Å². The van der Waals surface area contributed by atoms with Crippen molar-refractivity contribution in [1.82, 2.24) is 0 Å². The third kappa shape index (κ3) is 2.97. The molecule has 0 nitrogen and oxygen atoms in total. The van der Waals surface area contributed by atoms with Crippen molar-refractivity contribution in [1.29, 1.82) is 0 Å². The van der Waals surface area contributed by atoms with Gasteiger partial charge in [0.1, 0.15) is 0 Å². The van der Waals surface area contributed by atoms with Crippen LogP contribution in [0.4, 0.5) is 0 Å². The number of rotatable bonds is 5. The summed E-state index contributed by atoms with van der Waals surface area (Å²) < 4.78 is 2.62. The lowest BCUT2D eigenvalue weighted by atomic mass is 9.98. The molecule has 0 aliphatic carbocycles. The fourth-order valence-electron chi connectivity index (χ4n) is 2.76. The van der Waals surface area contributed by atoms with E-state index < -0.39 is 0 Å². The van der Waals surface area contributed by atoms with E-state index in [9.17, 15) is 0 Å². The molecule has 22 heavy (non-hydrogen) atoms. The molecule has 0 saturated heterocycles. The van der Waals surface area contributed by atoms with E-state index in [4.69, 9.17) is 6.42 Å². The maximum Gasteiger partial charge on any atom is 0.0786 e. The van der Waals surface area contributed by atoms with Gasteiger partial charge in [0.05, 0.1) is 4.88 Å². The van der Waals surface area contributed by atoms with Crippen molar-refractivity contribution in [2.24, 2.45) is 0 Å². The Hall–Kier alpha value is -1.56. The molecule has 0 aliphatic rings. The van der Waals surface area contributed by atoms with Gasteiger partial charge in [-0.25, -0.2) is 0 Å². The molecule has 0 bridgehead atoms. The molecule has 0 aliphatic heterocycles. The summed E-state index contributed by atoms with van der Waals surface area (Å²) in [5.41, 5.74) is 4.31. The Morgan fingerprint density at radius 2 is 1.86 bits per heavy atom. The second kappa shape index (κ2) is 6.69. The van der Waals surface area contributed by atoms with Crippen molar-refractivity contribution >= 4 is 32.1 Å². The van der Waals surface area contributed by atoms with Gasteiger partial charge < -0.3 is 0 Å². The molecule has 0 amide bonds. The second-order valence-electron chi connectivity index (χ2n) is 5.54. The van der Waals surface area contributed by atoms with Gasteiger partial charge in [0.25, 0.3) is 0 Å². The summed E-state index contributed by atoms with van der Waals surface area (Å²) in [6, 6.07) is 11.4. The molecular weight excluding hydrogens is 304 g/mol. The van der Waals surface area contributed by atoms with E-state index in [1.807, 2.05) is 11.3 Å². The highest BCUT2D eigenvalue weighted by atomic mass is 32.1. The zero-order valence-corrected chi connectivity index (χ0v) is 14.7. The summed E-state index contributed by atoms with van der Waals surface area (Å²) in [5, 5.41) is 0. The molecule has 0 atom stereocenters. The first-order valence-electron chi connectivity index (χ1n) is 7.87. The molecular formula is C20H20S2. The van der Waals surface area contributed by atoms with Gasteiger partial charge >= 0.3 is 0 Å². The lowest BCUT2D eigenvalue weighted by Crippen LogP contribution is -1.91. The minimum absolute atomic E-state index is 1.03. The normalized spacial score (nSPS) is 11.0. The Morgan fingerprint density at radius 1 is 1.05 bits per heavy atom. The minimum Gasteiger partial charge on any atom is -0.134 e. The van der Waals surface area contributed by atoms with Gasteiger partial charge in [-0.1, -0.05) is 44.4 Å². The quantitative estimate of drug-likeness (QED) is 0.469. The highest BCUT2D eigenvalue weighted by molar-refractivity contribution is 7.29. The SMILES string of the molecule is C#Cc1cc2sc(-c3ccc(CCCC)cc3CC)cc2s1. The lowest BCUT2D eigenvalue weighted by molar-refractivity contribution is 0.794. The average Bonchev–Trinajstić information content (AvgIpc) is 3.10. The number of aryl methyl sites for hydroxylation is 2. The Bertz CT molecular complexity index is 796. The summed E-state index contributed by atoms with van der Waals surface area (Å²) in [6.45, 7) is 4.49. The van der Waals surface area contributed by atoms with Gasteiger partial charge in [-0.05, 0) is 48.1 Å².